The second kappa shape index (κ2) is 7.87. The van der Waals surface area contributed by atoms with E-state index in [1.54, 1.807) is 0 Å². The van der Waals surface area contributed by atoms with Crippen molar-refractivity contribution in [2.75, 3.05) is 13.2 Å². The minimum Gasteiger partial charge on any atom is -0.482 e. The molecule has 0 spiro atoms. The highest BCUT2D eigenvalue weighted by Crippen LogP contribution is 2.32. The molecule has 1 N–H and O–H groups in total. The van der Waals surface area contributed by atoms with Crippen molar-refractivity contribution in [3.05, 3.63) is 29.3 Å². The number of benzene rings is 1. The lowest BCUT2D eigenvalue weighted by molar-refractivity contribution is -0.140. The van der Waals surface area contributed by atoms with Crippen LogP contribution in [0.3, 0.4) is 0 Å². The van der Waals surface area contributed by atoms with Crippen molar-refractivity contribution in [2.24, 2.45) is 0 Å². The zero-order chi connectivity index (χ0) is 15.9. The lowest BCUT2D eigenvalue weighted by atomic mass is 10.1. The van der Waals surface area contributed by atoms with Crippen LogP contribution in [0.5, 0.6) is 5.75 Å². The number of carboxylic acid groups (broad SMARTS) is 1. The van der Waals surface area contributed by atoms with Crippen molar-refractivity contribution >= 4 is 5.97 Å². The standard InChI is InChI=1S/C14H17F3O4/c1-2-3-6-20-8-10-7-11(14(15,16)17)4-5-12(10)21-9-13(18)19/h4-5,7H,2-3,6,8-9H2,1H3,(H,18,19). The molecule has 0 aliphatic heterocycles. The van der Waals surface area contributed by atoms with Crippen LogP contribution in [0.25, 0.3) is 0 Å². The summed E-state index contributed by atoms with van der Waals surface area (Å²) in [6.07, 6.45) is -2.77. The molecule has 0 aliphatic rings. The van der Waals surface area contributed by atoms with Crippen LogP contribution in [0.2, 0.25) is 0 Å². The number of rotatable bonds is 8. The molecule has 4 nitrogen and oxygen atoms in total. The molecule has 0 aromatic heterocycles. The van der Waals surface area contributed by atoms with Crippen LogP contribution in [-0.2, 0) is 22.3 Å². The second-order valence-corrected chi connectivity index (χ2v) is 4.41. The third kappa shape index (κ3) is 6.03. The Kier molecular flexibility index (Phi) is 6.48. The number of unbranched alkanes of at least 4 members (excludes halogenated alkanes) is 1. The van der Waals surface area contributed by atoms with Gasteiger partial charge in [0.05, 0.1) is 12.2 Å². The maximum Gasteiger partial charge on any atom is 0.416 e. The monoisotopic (exact) mass is 306 g/mol. The molecule has 1 aromatic carbocycles. The van der Waals surface area contributed by atoms with Crippen LogP contribution in [0.4, 0.5) is 13.2 Å². The van der Waals surface area contributed by atoms with E-state index in [4.69, 9.17) is 14.6 Å². The van der Waals surface area contributed by atoms with Gasteiger partial charge in [-0.3, -0.25) is 0 Å². The van der Waals surface area contributed by atoms with E-state index in [0.29, 0.717) is 6.61 Å². The largest absolute Gasteiger partial charge is 0.482 e. The number of ether oxygens (including phenoxy) is 2. The van der Waals surface area contributed by atoms with Crippen LogP contribution in [-0.4, -0.2) is 24.3 Å². The van der Waals surface area contributed by atoms with Crippen molar-refractivity contribution < 1.29 is 32.5 Å². The summed E-state index contributed by atoms with van der Waals surface area (Å²) in [4.78, 5) is 10.5. The normalized spacial score (nSPS) is 11.4. The summed E-state index contributed by atoms with van der Waals surface area (Å²) in [5.74, 6) is -1.12. The third-order valence-corrected chi connectivity index (χ3v) is 2.64. The van der Waals surface area contributed by atoms with E-state index in [9.17, 15) is 18.0 Å². The summed E-state index contributed by atoms with van der Waals surface area (Å²) in [6, 6.07) is 2.89. The number of halogens is 3. The van der Waals surface area contributed by atoms with Crippen LogP contribution in [0.1, 0.15) is 30.9 Å². The van der Waals surface area contributed by atoms with Gasteiger partial charge in [0.1, 0.15) is 5.75 Å². The molecular weight excluding hydrogens is 289 g/mol. The van der Waals surface area contributed by atoms with Gasteiger partial charge in [0.15, 0.2) is 6.61 Å². The molecule has 0 unspecified atom stereocenters. The topological polar surface area (TPSA) is 55.8 Å². The summed E-state index contributed by atoms with van der Waals surface area (Å²) in [5.41, 5.74) is -0.638. The number of aliphatic carboxylic acids is 1. The lowest BCUT2D eigenvalue weighted by Crippen LogP contribution is -2.12. The molecule has 0 radical (unpaired) electrons. The van der Waals surface area contributed by atoms with Gasteiger partial charge in [-0.05, 0) is 24.6 Å². The first-order valence-electron chi connectivity index (χ1n) is 6.47. The molecular formula is C14H17F3O4. The molecule has 0 fully saturated rings. The molecule has 0 amide bonds. The van der Waals surface area contributed by atoms with Crippen molar-refractivity contribution in [1.82, 2.24) is 0 Å². The van der Waals surface area contributed by atoms with Crippen molar-refractivity contribution in [3.8, 4) is 5.75 Å². The quantitative estimate of drug-likeness (QED) is 0.747. The first kappa shape index (κ1) is 17.3. The van der Waals surface area contributed by atoms with Gasteiger partial charge in [0.25, 0.3) is 0 Å². The van der Waals surface area contributed by atoms with E-state index in [1.807, 2.05) is 6.92 Å². The molecule has 0 atom stereocenters. The highest BCUT2D eigenvalue weighted by atomic mass is 19.4. The highest BCUT2D eigenvalue weighted by Gasteiger charge is 2.31. The molecule has 0 heterocycles. The van der Waals surface area contributed by atoms with Crippen molar-refractivity contribution in [3.63, 3.8) is 0 Å². The Hall–Kier alpha value is -1.76. The molecule has 118 valence electrons. The fourth-order valence-corrected chi connectivity index (χ4v) is 1.58. The molecule has 1 aromatic rings. The molecule has 0 saturated heterocycles. The van der Waals surface area contributed by atoms with E-state index >= 15 is 0 Å². The van der Waals surface area contributed by atoms with E-state index in [2.05, 4.69) is 0 Å². The van der Waals surface area contributed by atoms with Crippen LogP contribution < -0.4 is 4.74 Å². The second-order valence-electron chi connectivity index (χ2n) is 4.41. The molecule has 0 bridgehead atoms. The van der Waals surface area contributed by atoms with Gasteiger partial charge in [0, 0.05) is 12.2 Å². The first-order valence-corrected chi connectivity index (χ1v) is 6.47. The lowest BCUT2D eigenvalue weighted by Gasteiger charge is -2.14. The predicted octanol–water partition coefficient (Wildman–Crippen LogP) is 3.49. The van der Waals surface area contributed by atoms with Crippen LogP contribution in [0, 0.1) is 0 Å². The van der Waals surface area contributed by atoms with Crippen LogP contribution in [0.15, 0.2) is 18.2 Å². The minimum absolute atomic E-state index is 0.0567. The fourth-order valence-electron chi connectivity index (χ4n) is 1.58. The van der Waals surface area contributed by atoms with Gasteiger partial charge >= 0.3 is 12.1 Å². The molecule has 0 aliphatic carbocycles. The van der Waals surface area contributed by atoms with Gasteiger partial charge in [-0.1, -0.05) is 13.3 Å². The zero-order valence-corrected chi connectivity index (χ0v) is 11.6. The summed E-state index contributed by atoms with van der Waals surface area (Å²) in [7, 11) is 0. The van der Waals surface area contributed by atoms with Gasteiger partial charge in [0.2, 0.25) is 0 Å². The molecule has 21 heavy (non-hydrogen) atoms. The SMILES string of the molecule is CCCCOCc1cc(C(F)(F)F)ccc1OCC(=O)O. The van der Waals surface area contributed by atoms with Gasteiger partial charge in [-0.15, -0.1) is 0 Å². The Morgan fingerprint density at radius 3 is 2.62 bits per heavy atom. The molecule has 0 saturated carbocycles. The Morgan fingerprint density at radius 1 is 1.33 bits per heavy atom. The Morgan fingerprint density at radius 2 is 2.05 bits per heavy atom. The Bertz CT molecular complexity index is 472. The Balaban J connectivity index is 2.87. The summed E-state index contributed by atoms with van der Waals surface area (Å²) in [6.45, 7) is 1.71. The van der Waals surface area contributed by atoms with Gasteiger partial charge in [-0.25, -0.2) is 4.79 Å². The fraction of sp³-hybridized carbons (Fsp3) is 0.500. The summed E-state index contributed by atoms with van der Waals surface area (Å²) < 4.78 is 48.3. The zero-order valence-electron chi connectivity index (χ0n) is 11.6. The summed E-state index contributed by atoms with van der Waals surface area (Å²) >= 11 is 0. The molecule has 7 heteroatoms. The number of hydrogen-bond acceptors (Lipinski definition) is 3. The van der Waals surface area contributed by atoms with Crippen molar-refractivity contribution in [1.29, 1.82) is 0 Å². The van der Waals surface area contributed by atoms with E-state index in [0.717, 1.165) is 31.0 Å². The number of carboxylic acids is 1. The smallest absolute Gasteiger partial charge is 0.416 e. The van der Waals surface area contributed by atoms with E-state index in [1.165, 1.54) is 0 Å². The molecule has 1 rings (SSSR count). The van der Waals surface area contributed by atoms with Crippen molar-refractivity contribution in [2.45, 2.75) is 32.5 Å². The van der Waals surface area contributed by atoms with Gasteiger partial charge < -0.3 is 14.6 Å². The van der Waals surface area contributed by atoms with E-state index < -0.39 is 24.3 Å². The third-order valence-electron chi connectivity index (χ3n) is 2.64. The maximum atomic E-state index is 12.7. The average molecular weight is 306 g/mol. The maximum absolute atomic E-state index is 12.7. The number of alkyl halides is 3. The first-order chi connectivity index (χ1) is 9.84. The number of hydrogen-bond donors (Lipinski definition) is 1. The van der Waals surface area contributed by atoms with E-state index in [-0.39, 0.29) is 17.9 Å². The number of carbonyl (C=O) groups is 1. The van der Waals surface area contributed by atoms with Gasteiger partial charge in [-0.2, -0.15) is 13.2 Å². The predicted molar refractivity (Wildman–Crippen MR) is 69.1 cm³/mol. The Labute approximate surface area is 120 Å². The van der Waals surface area contributed by atoms with Crippen LogP contribution >= 0.6 is 0 Å². The summed E-state index contributed by atoms with van der Waals surface area (Å²) in [5, 5.41) is 8.56. The average Bonchev–Trinajstić information content (AvgIpc) is 2.40. The minimum atomic E-state index is -4.47. The highest BCUT2D eigenvalue weighted by molar-refractivity contribution is 5.68.